The Bertz CT molecular complexity index is 447. The zero-order valence-corrected chi connectivity index (χ0v) is 11.5. The van der Waals surface area contributed by atoms with E-state index < -0.39 is 0 Å². The smallest absolute Gasteiger partial charge is 0.122 e. The van der Waals surface area contributed by atoms with E-state index in [1.165, 1.54) is 12.0 Å². The molecule has 1 aromatic carbocycles. The molecule has 1 aromatic rings. The van der Waals surface area contributed by atoms with Crippen molar-refractivity contribution in [2.75, 3.05) is 7.11 Å². The van der Waals surface area contributed by atoms with Crippen molar-refractivity contribution in [1.29, 1.82) is 0 Å². The van der Waals surface area contributed by atoms with Gasteiger partial charge in [0.25, 0.3) is 0 Å². The van der Waals surface area contributed by atoms with E-state index in [1.807, 2.05) is 19.9 Å². The third kappa shape index (κ3) is 2.61. The monoisotopic (exact) mass is 249 g/mol. The number of aromatic hydroxyl groups is 1. The minimum Gasteiger partial charge on any atom is -0.507 e. The summed E-state index contributed by atoms with van der Waals surface area (Å²) in [6.07, 6.45) is 4.90. The molecule has 1 aliphatic carbocycles. The molecule has 100 valence electrons. The van der Waals surface area contributed by atoms with E-state index in [-0.39, 0.29) is 5.54 Å². The molecule has 2 rings (SSSR count). The number of hydrogen-bond acceptors (Lipinski definition) is 3. The summed E-state index contributed by atoms with van der Waals surface area (Å²) in [5.74, 6) is 1.34. The lowest BCUT2D eigenvalue weighted by Crippen LogP contribution is -2.34. The molecule has 0 fully saturated rings. The summed E-state index contributed by atoms with van der Waals surface area (Å²) in [7, 11) is 1.69. The van der Waals surface area contributed by atoms with E-state index in [4.69, 9.17) is 10.5 Å². The van der Waals surface area contributed by atoms with Crippen molar-refractivity contribution in [3.8, 4) is 11.5 Å². The molecule has 0 heterocycles. The van der Waals surface area contributed by atoms with Crippen molar-refractivity contribution >= 4 is 0 Å². The van der Waals surface area contributed by atoms with Crippen LogP contribution in [-0.2, 0) is 19.3 Å². The van der Waals surface area contributed by atoms with Crippen molar-refractivity contribution in [3.05, 3.63) is 22.8 Å². The van der Waals surface area contributed by atoms with Crippen LogP contribution < -0.4 is 10.5 Å². The van der Waals surface area contributed by atoms with Crippen LogP contribution in [0.25, 0.3) is 0 Å². The molecule has 0 radical (unpaired) electrons. The highest BCUT2D eigenvalue weighted by Gasteiger charge is 2.23. The fraction of sp³-hybridized carbons (Fsp3) is 0.600. The molecule has 0 unspecified atom stereocenters. The van der Waals surface area contributed by atoms with Crippen molar-refractivity contribution in [2.24, 2.45) is 5.73 Å². The highest BCUT2D eigenvalue weighted by molar-refractivity contribution is 5.54. The van der Waals surface area contributed by atoms with Crippen LogP contribution in [0.1, 0.15) is 43.4 Å². The van der Waals surface area contributed by atoms with Gasteiger partial charge in [-0.25, -0.2) is 0 Å². The van der Waals surface area contributed by atoms with Crippen LogP contribution in [0.5, 0.6) is 11.5 Å². The van der Waals surface area contributed by atoms with Crippen molar-refractivity contribution in [2.45, 2.75) is 51.5 Å². The summed E-state index contributed by atoms with van der Waals surface area (Å²) >= 11 is 0. The Kier molecular flexibility index (Phi) is 3.53. The minimum absolute atomic E-state index is 0.328. The average molecular weight is 249 g/mol. The van der Waals surface area contributed by atoms with Gasteiger partial charge in [0.2, 0.25) is 0 Å². The van der Waals surface area contributed by atoms with Crippen LogP contribution >= 0.6 is 0 Å². The van der Waals surface area contributed by atoms with Crippen LogP contribution in [0.4, 0.5) is 0 Å². The number of phenols is 1. The molecule has 0 saturated heterocycles. The lowest BCUT2D eigenvalue weighted by atomic mass is 9.85. The third-order valence-corrected chi connectivity index (χ3v) is 3.53. The van der Waals surface area contributed by atoms with Crippen molar-refractivity contribution in [1.82, 2.24) is 0 Å². The molecule has 3 N–H and O–H groups in total. The van der Waals surface area contributed by atoms with E-state index in [0.29, 0.717) is 12.2 Å². The Hall–Kier alpha value is -1.22. The Morgan fingerprint density at radius 3 is 2.44 bits per heavy atom. The van der Waals surface area contributed by atoms with Gasteiger partial charge in [0, 0.05) is 16.7 Å². The molecule has 0 amide bonds. The lowest BCUT2D eigenvalue weighted by molar-refractivity contribution is 0.395. The number of phenolic OH excluding ortho intramolecular Hbond substituents is 1. The van der Waals surface area contributed by atoms with Gasteiger partial charge in [-0.1, -0.05) is 0 Å². The number of rotatable bonds is 3. The molecule has 0 saturated carbocycles. The molecule has 3 heteroatoms. The second-order valence-corrected chi connectivity index (χ2v) is 5.92. The number of benzene rings is 1. The van der Waals surface area contributed by atoms with E-state index in [9.17, 15) is 5.11 Å². The van der Waals surface area contributed by atoms with Crippen LogP contribution in [0.2, 0.25) is 0 Å². The zero-order chi connectivity index (χ0) is 13.3. The standard InChI is InChI=1S/C15H23NO2/c1-15(2,16)9-10-8-13(18-3)11-6-4-5-7-12(11)14(10)17/h8,17H,4-7,9,16H2,1-3H3. The van der Waals surface area contributed by atoms with Gasteiger partial charge >= 0.3 is 0 Å². The Morgan fingerprint density at radius 2 is 1.89 bits per heavy atom. The predicted molar refractivity (Wildman–Crippen MR) is 73.3 cm³/mol. The molecule has 0 bridgehead atoms. The molecule has 0 spiro atoms. The summed E-state index contributed by atoms with van der Waals surface area (Å²) in [6.45, 7) is 3.94. The number of ether oxygens (including phenoxy) is 1. The van der Waals surface area contributed by atoms with Crippen LogP contribution in [0.15, 0.2) is 6.07 Å². The second-order valence-electron chi connectivity index (χ2n) is 5.92. The van der Waals surface area contributed by atoms with Gasteiger partial charge in [-0.3, -0.25) is 0 Å². The number of methoxy groups -OCH3 is 1. The Morgan fingerprint density at radius 1 is 1.28 bits per heavy atom. The quantitative estimate of drug-likeness (QED) is 0.865. The number of nitrogens with two attached hydrogens (primary N) is 1. The van der Waals surface area contributed by atoms with Crippen LogP contribution in [0.3, 0.4) is 0 Å². The average Bonchev–Trinajstić information content (AvgIpc) is 2.31. The van der Waals surface area contributed by atoms with E-state index in [1.54, 1.807) is 7.11 Å². The maximum Gasteiger partial charge on any atom is 0.122 e. The molecular formula is C15H23NO2. The zero-order valence-electron chi connectivity index (χ0n) is 11.5. The summed E-state index contributed by atoms with van der Waals surface area (Å²) in [5, 5.41) is 10.4. The normalized spacial score (nSPS) is 15.3. The van der Waals surface area contributed by atoms with Gasteiger partial charge in [0.15, 0.2) is 0 Å². The summed E-state index contributed by atoms with van der Waals surface area (Å²) < 4.78 is 5.47. The highest BCUT2D eigenvalue weighted by atomic mass is 16.5. The molecular weight excluding hydrogens is 226 g/mol. The first kappa shape index (κ1) is 13.2. The van der Waals surface area contributed by atoms with Crippen molar-refractivity contribution < 1.29 is 9.84 Å². The third-order valence-electron chi connectivity index (χ3n) is 3.53. The molecule has 0 aromatic heterocycles. The predicted octanol–water partition coefficient (Wildman–Crippen LogP) is 2.56. The van der Waals surface area contributed by atoms with Gasteiger partial charge in [-0.05, 0) is 57.6 Å². The first-order valence-electron chi connectivity index (χ1n) is 6.62. The number of fused-ring (bicyclic) bond motifs is 1. The number of hydrogen-bond donors (Lipinski definition) is 2. The van der Waals surface area contributed by atoms with Gasteiger partial charge in [0.05, 0.1) is 7.11 Å². The summed E-state index contributed by atoms with van der Waals surface area (Å²) in [6, 6.07) is 1.95. The summed E-state index contributed by atoms with van der Waals surface area (Å²) in [4.78, 5) is 0. The lowest BCUT2D eigenvalue weighted by Gasteiger charge is -2.25. The van der Waals surface area contributed by atoms with Crippen LogP contribution in [-0.4, -0.2) is 17.8 Å². The van der Waals surface area contributed by atoms with E-state index in [2.05, 4.69) is 0 Å². The maximum absolute atomic E-state index is 10.4. The SMILES string of the molecule is COc1cc(CC(C)(C)N)c(O)c2c1CCCC2. The molecule has 3 nitrogen and oxygen atoms in total. The molecule has 0 atom stereocenters. The van der Waals surface area contributed by atoms with Gasteiger partial charge < -0.3 is 15.6 Å². The van der Waals surface area contributed by atoms with Crippen molar-refractivity contribution in [3.63, 3.8) is 0 Å². The molecule has 18 heavy (non-hydrogen) atoms. The molecule has 0 aliphatic heterocycles. The van der Waals surface area contributed by atoms with Crippen LogP contribution in [0, 0.1) is 0 Å². The fourth-order valence-corrected chi connectivity index (χ4v) is 2.75. The maximum atomic E-state index is 10.4. The first-order valence-corrected chi connectivity index (χ1v) is 6.62. The fourth-order valence-electron chi connectivity index (χ4n) is 2.75. The minimum atomic E-state index is -0.328. The summed E-state index contributed by atoms with van der Waals surface area (Å²) in [5.41, 5.74) is 8.88. The van der Waals surface area contributed by atoms with Gasteiger partial charge in [-0.15, -0.1) is 0 Å². The topological polar surface area (TPSA) is 55.5 Å². The van der Waals surface area contributed by atoms with E-state index in [0.717, 1.165) is 36.1 Å². The van der Waals surface area contributed by atoms with Gasteiger partial charge in [0.1, 0.15) is 11.5 Å². The van der Waals surface area contributed by atoms with Gasteiger partial charge in [-0.2, -0.15) is 0 Å². The highest BCUT2D eigenvalue weighted by Crippen LogP contribution is 2.39. The largest absolute Gasteiger partial charge is 0.507 e. The Labute approximate surface area is 109 Å². The van der Waals surface area contributed by atoms with E-state index >= 15 is 0 Å². The second kappa shape index (κ2) is 4.81. The first-order chi connectivity index (χ1) is 8.42. The Balaban J connectivity index is 2.48. The molecule has 1 aliphatic rings.